The van der Waals surface area contributed by atoms with Crippen molar-refractivity contribution >= 4 is 17.4 Å². The van der Waals surface area contributed by atoms with Crippen LogP contribution >= 0.6 is 11.8 Å². The second-order valence-electron chi connectivity index (χ2n) is 4.86. The number of likely N-dealkylation sites (N-methyl/N-ethyl adjacent to an activating group) is 1. The molecule has 0 atom stereocenters. The Morgan fingerprint density at radius 3 is 2.61 bits per heavy atom. The number of hydrogen-bond acceptors (Lipinski definition) is 4. The Morgan fingerprint density at radius 1 is 1.44 bits per heavy atom. The molecule has 18 heavy (non-hydrogen) atoms. The molecule has 1 aromatic rings. The van der Waals surface area contributed by atoms with Crippen molar-refractivity contribution < 1.29 is 5.11 Å². The summed E-state index contributed by atoms with van der Waals surface area (Å²) in [7, 11) is 1.90. The lowest BCUT2D eigenvalue weighted by atomic mass is 10.1. The first kappa shape index (κ1) is 14.9. The van der Waals surface area contributed by atoms with Crippen LogP contribution < -0.4 is 4.90 Å². The highest BCUT2D eigenvalue weighted by Gasteiger charge is 2.19. The molecule has 98 valence electrons. The van der Waals surface area contributed by atoms with E-state index >= 15 is 0 Å². The Balaban J connectivity index is 3.09. The highest BCUT2D eigenvalue weighted by Crippen LogP contribution is 2.30. The molecule has 0 radical (unpaired) electrons. The van der Waals surface area contributed by atoms with Gasteiger partial charge < -0.3 is 10.0 Å². The summed E-state index contributed by atoms with van der Waals surface area (Å²) < 4.78 is 0. The quantitative estimate of drug-likeness (QED) is 0.831. The van der Waals surface area contributed by atoms with Crippen molar-refractivity contribution in [2.45, 2.75) is 31.3 Å². The van der Waals surface area contributed by atoms with Gasteiger partial charge in [0.15, 0.2) is 0 Å². The lowest BCUT2D eigenvalue weighted by molar-refractivity contribution is 0.0886. The highest BCUT2D eigenvalue weighted by molar-refractivity contribution is 7.99. The van der Waals surface area contributed by atoms with E-state index in [1.54, 1.807) is 25.6 Å². The predicted molar refractivity (Wildman–Crippen MR) is 77.1 cm³/mol. The van der Waals surface area contributed by atoms with E-state index < -0.39 is 5.60 Å². The van der Waals surface area contributed by atoms with Gasteiger partial charge in [-0.2, -0.15) is 5.26 Å². The molecule has 0 aliphatic rings. The van der Waals surface area contributed by atoms with Gasteiger partial charge >= 0.3 is 0 Å². The van der Waals surface area contributed by atoms with Gasteiger partial charge in [0.05, 0.1) is 16.9 Å². The lowest BCUT2D eigenvalue weighted by Crippen LogP contribution is -2.36. The number of thioether (sulfide) groups is 1. The standard InChI is InChI=1S/C14H20N2OS/c1-5-18-13-8-6-7-12(11(13)9-15)16(4)10-14(2,3)17/h6-8,17H,5,10H2,1-4H3. The first-order chi connectivity index (χ1) is 8.39. The van der Waals surface area contributed by atoms with Gasteiger partial charge in [0, 0.05) is 18.5 Å². The zero-order valence-corrected chi connectivity index (χ0v) is 12.2. The van der Waals surface area contributed by atoms with E-state index in [2.05, 4.69) is 13.0 Å². The molecule has 0 fully saturated rings. The average Bonchev–Trinajstić information content (AvgIpc) is 2.27. The maximum absolute atomic E-state index is 9.86. The third-order valence-electron chi connectivity index (χ3n) is 2.45. The van der Waals surface area contributed by atoms with Gasteiger partial charge in [-0.1, -0.05) is 13.0 Å². The van der Waals surface area contributed by atoms with Gasteiger partial charge in [0.2, 0.25) is 0 Å². The Labute approximate surface area is 113 Å². The minimum Gasteiger partial charge on any atom is -0.389 e. The molecule has 1 rings (SSSR count). The molecule has 4 heteroatoms. The van der Waals surface area contributed by atoms with Crippen LogP contribution in [0.1, 0.15) is 26.3 Å². The fourth-order valence-corrected chi connectivity index (χ4v) is 2.67. The second-order valence-corrected chi connectivity index (χ2v) is 6.17. The van der Waals surface area contributed by atoms with Crippen LogP contribution in [-0.2, 0) is 0 Å². The normalized spacial score (nSPS) is 11.1. The highest BCUT2D eigenvalue weighted by atomic mass is 32.2. The number of nitrogens with zero attached hydrogens (tertiary/aromatic N) is 2. The molecule has 0 aromatic heterocycles. The van der Waals surface area contributed by atoms with Crippen molar-refractivity contribution in [1.29, 1.82) is 5.26 Å². The van der Waals surface area contributed by atoms with Crippen LogP contribution in [0.25, 0.3) is 0 Å². The number of rotatable bonds is 5. The summed E-state index contributed by atoms with van der Waals surface area (Å²) in [4.78, 5) is 2.93. The van der Waals surface area contributed by atoms with Crippen LogP contribution in [0.5, 0.6) is 0 Å². The average molecular weight is 264 g/mol. The summed E-state index contributed by atoms with van der Waals surface area (Å²) in [5.41, 5.74) is 0.782. The minimum absolute atomic E-state index is 0.488. The summed E-state index contributed by atoms with van der Waals surface area (Å²) >= 11 is 1.66. The molecule has 0 saturated heterocycles. The van der Waals surface area contributed by atoms with Crippen molar-refractivity contribution in [3.63, 3.8) is 0 Å². The second kappa shape index (κ2) is 6.12. The smallest absolute Gasteiger partial charge is 0.103 e. The van der Waals surface area contributed by atoms with E-state index in [-0.39, 0.29) is 0 Å². The van der Waals surface area contributed by atoms with Crippen LogP contribution in [0.15, 0.2) is 23.1 Å². The van der Waals surface area contributed by atoms with Gasteiger partial charge in [-0.3, -0.25) is 0 Å². The van der Waals surface area contributed by atoms with Crippen LogP contribution in [0.3, 0.4) is 0 Å². The minimum atomic E-state index is -0.782. The number of anilines is 1. The van der Waals surface area contributed by atoms with Gasteiger partial charge in [0.1, 0.15) is 6.07 Å². The molecule has 1 aromatic carbocycles. The number of hydrogen-bond donors (Lipinski definition) is 1. The molecule has 0 aliphatic heterocycles. The van der Waals surface area contributed by atoms with Gasteiger partial charge in [-0.05, 0) is 31.7 Å². The van der Waals surface area contributed by atoms with Crippen molar-refractivity contribution in [2.75, 3.05) is 24.2 Å². The fraction of sp³-hybridized carbons (Fsp3) is 0.500. The molecule has 0 spiro atoms. The van der Waals surface area contributed by atoms with Gasteiger partial charge in [-0.15, -0.1) is 11.8 Å². The van der Waals surface area contributed by atoms with Crippen LogP contribution in [-0.4, -0.2) is 30.1 Å². The topological polar surface area (TPSA) is 47.3 Å². The zero-order chi connectivity index (χ0) is 13.8. The number of aliphatic hydroxyl groups is 1. The van der Waals surface area contributed by atoms with Gasteiger partial charge in [-0.25, -0.2) is 0 Å². The predicted octanol–water partition coefficient (Wildman–Crippen LogP) is 2.88. The lowest BCUT2D eigenvalue weighted by Gasteiger charge is -2.28. The van der Waals surface area contributed by atoms with Crippen molar-refractivity contribution in [2.24, 2.45) is 0 Å². The summed E-state index contributed by atoms with van der Waals surface area (Å²) in [6.07, 6.45) is 0. The SMILES string of the molecule is CCSc1cccc(N(C)CC(C)(C)O)c1C#N. The third-order valence-corrected chi connectivity index (χ3v) is 3.39. The van der Waals surface area contributed by atoms with Crippen molar-refractivity contribution in [3.05, 3.63) is 23.8 Å². The largest absolute Gasteiger partial charge is 0.389 e. The molecule has 1 N–H and O–H groups in total. The Morgan fingerprint density at radius 2 is 2.11 bits per heavy atom. The number of nitriles is 1. The molecule has 0 unspecified atom stereocenters. The van der Waals surface area contributed by atoms with Gasteiger partial charge in [0.25, 0.3) is 0 Å². The van der Waals surface area contributed by atoms with E-state index in [0.717, 1.165) is 16.3 Å². The monoisotopic (exact) mass is 264 g/mol. The van der Waals surface area contributed by atoms with E-state index in [1.807, 2.05) is 30.1 Å². The molecule has 0 aliphatic carbocycles. The van der Waals surface area contributed by atoms with E-state index in [1.165, 1.54) is 0 Å². The van der Waals surface area contributed by atoms with Crippen molar-refractivity contribution in [1.82, 2.24) is 0 Å². The summed E-state index contributed by atoms with van der Waals surface area (Å²) in [6, 6.07) is 8.11. The summed E-state index contributed by atoms with van der Waals surface area (Å²) in [5.74, 6) is 0.938. The third kappa shape index (κ3) is 3.94. The van der Waals surface area contributed by atoms with E-state index in [9.17, 15) is 10.4 Å². The summed E-state index contributed by atoms with van der Waals surface area (Å²) in [6.45, 7) is 6.08. The number of benzene rings is 1. The first-order valence-electron chi connectivity index (χ1n) is 5.98. The zero-order valence-electron chi connectivity index (χ0n) is 11.4. The van der Waals surface area contributed by atoms with E-state index in [4.69, 9.17) is 0 Å². The molecule has 0 saturated carbocycles. The Kier molecular flexibility index (Phi) is 5.06. The maximum atomic E-state index is 9.86. The van der Waals surface area contributed by atoms with Crippen LogP contribution in [0.4, 0.5) is 5.69 Å². The molecule has 0 heterocycles. The van der Waals surface area contributed by atoms with E-state index in [0.29, 0.717) is 12.1 Å². The summed E-state index contributed by atoms with van der Waals surface area (Å²) in [5, 5.41) is 19.2. The molecular weight excluding hydrogens is 244 g/mol. The Bertz CT molecular complexity index is 446. The molecule has 0 amide bonds. The fourth-order valence-electron chi connectivity index (χ4n) is 1.89. The van der Waals surface area contributed by atoms with Crippen LogP contribution in [0, 0.1) is 11.3 Å². The molecular formula is C14H20N2OS. The molecule has 0 bridgehead atoms. The van der Waals surface area contributed by atoms with Crippen molar-refractivity contribution in [3.8, 4) is 6.07 Å². The Hall–Kier alpha value is -1.18. The van der Waals surface area contributed by atoms with Crippen LogP contribution in [0.2, 0.25) is 0 Å². The maximum Gasteiger partial charge on any atom is 0.103 e. The first-order valence-corrected chi connectivity index (χ1v) is 6.97. The molecule has 3 nitrogen and oxygen atoms in total.